The lowest BCUT2D eigenvalue weighted by atomic mass is 9.90. The predicted molar refractivity (Wildman–Crippen MR) is 81.3 cm³/mol. The first-order valence-electron chi connectivity index (χ1n) is 7.24. The van der Waals surface area contributed by atoms with Crippen molar-refractivity contribution in [2.45, 2.75) is 37.5 Å². The number of rotatable bonds is 4. The highest BCUT2D eigenvalue weighted by Gasteiger charge is 2.40. The van der Waals surface area contributed by atoms with Crippen LogP contribution < -0.4 is 10.1 Å². The van der Waals surface area contributed by atoms with Crippen LogP contribution >= 0.6 is 11.8 Å². The second-order valence-corrected chi connectivity index (χ2v) is 6.72. The number of nitrogens with one attached hydrogen (secondary N) is 1. The van der Waals surface area contributed by atoms with Crippen molar-refractivity contribution in [1.82, 2.24) is 10.3 Å². The zero-order chi connectivity index (χ0) is 13.8. The maximum atomic E-state index is 6.05. The predicted octanol–water partition coefficient (Wildman–Crippen LogP) is 2.23. The van der Waals surface area contributed by atoms with Crippen LogP contribution in [-0.4, -0.2) is 41.8 Å². The molecule has 2 fully saturated rings. The number of hydrogen-bond donors (Lipinski definition) is 1. The Morgan fingerprint density at radius 1 is 1.55 bits per heavy atom. The number of ether oxygens (including phenoxy) is 2. The van der Waals surface area contributed by atoms with E-state index in [1.807, 2.05) is 24.0 Å². The van der Waals surface area contributed by atoms with Gasteiger partial charge in [-0.1, -0.05) is 6.07 Å². The van der Waals surface area contributed by atoms with Crippen LogP contribution in [0.15, 0.2) is 18.3 Å². The van der Waals surface area contributed by atoms with E-state index in [2.05, 4.69) is 16.4 Å². The lowest BCUT2D eigenvalue weighted by Crippen LogP contribution is -2.47. The van der Waals surface area contributed by atoms with Gasteiger partial charge in [0.05, 0.1) is 12.7 Å². The van der Waals surface area contributed by atoms with E-state index < -0.39 is 0 Å². The summed E-state index contributed by atoms with van der Waals surface area (Å²) in [7, 11) is 1.64. The smallest absolute Gasteiger partial charge is 0.212 e. The molecule has 1 aromatic rings. The lowest BCUT2D eigenvalue weighted by molar-refractivity contribution is -0.0703. The van der Waals surface area contributed by atoms with Crippen LogP contribution in [0.5, 0.6) is 5.88 Å². The highest BCUT2D eigenvalue weighted by atomic mass is 32.2. The zero-order valence-electron chi connectivity index (χ0n) is 11.9. The van der Waals surface area contributed by atoms with E-state index in [9.17, 15) is 0 Å². The molecule has 0 radical (unpaired) electrons. The largest absolute Gasteiger partial charge is 0.481 e. The molecule has 2 aliphatic rings. The minimum Gasteiger partial charge on any atom is -0.481 e. The van der Waals surface area contributed by atoms with Crippen molar-refractivity contribution in [3.8, 4) is 5.88 Å². The Balaban J connectivity index is 1.52. The maximum Gasteiger partial charge on any atom is 0.212 e. The summed E-state index contributed by atoms with van der Waals surface area (Å²) in [5.74, 6) is 3.08. The molecule has 1 aromatic heterocycles. The van der Waals surface area contributed by atoms with Crippen LogP contribution in [0.2, 0.25) is 0 Å². The molecule has 2 aliphatic heterocycles. The molecule has 1 N–H and O–H groups in total. The summed E-state index contributed by atoms with van der Waals surface area (Å²) < 4.78 is 11.1. The van der Waals surface area contributed by atoms with E-state index in [0.29, 0.717) is 11.9 Å². The normalized spacial score (nSPS) is 29.8. The van der Waals surface area contributed by atoms with E-state index in [-0.39, 0.29) is 5.60 Å². The molecule has 2 unspecified atom stereocenters. The zero-order valence-corrected chi connectivity index (χ0v) is 12.7. The van der Waals surface area contributed by atoms with E-state index in [0.717, 1.165) is 31.7 Å². The quantitative estimate of drug-likeness (QED) is 0.922. The molecule has 5 heteroatoms. The van der Waals surface area contributed by atoms with Gasteiger partial charge >= 0.3 is 0 Å². The standard InChI is InChI=1S/C15H22N2O2S/c1-18-14-3-2-12(10-17-14)9-16-13-4-6-19-15(8-13)5-7-20-11-15/h2-3,10,13,16H,4-9,11H2,1H3. The molecule has 1 spiro atoms. The number of nitrogens with zero attached hydrogens (tertiary/aromatic N) is 1. The van der Waals surface area contributed by atoms with Gasteiger partial charge in [0.25, 0.3) is 0 Å². The first kappa shape index (κ1) is 14.2. The molecule has 20 heavy (non-hydrogen) atoms. The minimum atomic E-state index is 0.152. The Hall–Kier alpha value is -0.780. The molecule has 110 valence electrons. The monoisotopic (exact) mass is 294 g/mol. The van der Waals surface area contributed by atoms with Crippen LogP contribution in [0, 0.1) is 0 Å². The summed E-state index contributed by atoms with van der Waals surface area (Å²) in [6, 6.07) is 4.54. The van der Waals surface area contributed by atoms with Crippen LogP contribution in [0.25, 0.3) is 0 Å². The van der Waals surface area contributed by atoms with E-state index in [1.165, 1.54) is 17.7 Å². The Kier molecular flexibility index (Phi) is 4.48. The summed E-state index contributed by atoms with van der Waals surface area (Å²) >= 11 is 2.02. The van der Waals surface area contributed by atoms with Gasteiger partial charge in [-0.05, 0) is 30.6 Å². The molecule has 4 nitrogen and oxygen atoms in total. The van der Waals surface area contributed by atoms with Crippen molar-refractivity contribution in [3.63, 3.8) is 0 Å². The summed E-state index contributed by atoms with van der Waals surface area (Å²) in [6.07, 6.45) is 5.34. The van der Waals surface area contributed by atoms with Gasteiger partial charge in [-0.25, -0.2) is 4.98 Å². The third-order valence-corrected chi connectivity index (χ3v) is 5.38. The summed E-state index contributed by atoms with van der Waals surface area (Å²) in [6.45, 7) is 1.75. The Labute approximate surface area is 124 Å². The second kappa shape index (κ2) is 6.33. The van der Waals surface area contributed by atoms with Crippen LogP contribution in [0.4, 0.5) is 0 Å². The van der Waals surface area contributed by atoms with E-state index in [4.69, 9.17) is 9.47 Å². The van der Waals surface area contributed by atoms with Crippen molar-refractivity contribution in [2.24, 2.45) is 0 Å². The Bertz CT molecular complexity index is 432. The van der Waals surface area contributed by atoms with Gasteiger partial charge in [-0.3, -0.25) is 0 Å². The molecule has 0 aliphatic carbocycles. The molecule has 0 bridgehead atoms. The summed E-state index contributed by atoms with van der Waals surface area (Å²) in [4.78, 5) is 4.24. The third kappa shape index (κ3) is 3.27. The highest BCUT2D eigenvalue weighted by Crippen LogP contribution is 2.38. The Morgan fingerprint density at radius 2 is 2.50 bits per heavy atom. The number of thioether (sulfide) groups is 1. The number of methoxy groups -OCH3 is 1. The van der Waals surface area contributed by atoms with Crippen LogP contribution in [-0.2, 0) is 11.3 Å². The summed E-state index contributed by atoms with van der Waals surface area (Å²) in [5.41, 5.74) is 1.35. The molecule has 0 amide bonds. The fraction of sp³-hybridized carbons (Fsp3) is 0.667. The first-order valence-corrected chi connectivity index (χ1v) is 8.39. The van der Waals surface area contributed by atoms with Gasteiger partial charge in [-0.15, -0.1) is 0 Å². The van der Waals surface area contributed by atoms with Crippen LogP contribution in [0.1, 0.15) is 24.8 Å². The molecule has 2 atom stereocenters. The van der Waals surface area contributed by atoms with Crippen molar-refractivity contribution < 1.29 is 9.47 Å². The second-order valence-electron chi connectivity index (χ2n) is 5.61. The van der Waals surface area contributed by atoms with Crippen molar-refractivity contribution in [2.75, 3.05) is 25.2 Å². The SMILES string of the molecule is COc1ccc(CNC2CCOC3(CCSC3)C2)cn1. The van der Waals surface area contributed by atoms with Crippen LogP contribution in [0.3, 0.4) is 0 Å². The molecule has 0 saturated carbocycles. The minimum absolute atomic E-state index is 0.152. The van der Waals surface area contributed by atoms with Gasteiger partial charge in [0.15, 0.2) is 0 Å². The van der Waals surface area contributed by atoms with Gasteiger partial charge in [0.1, 0.15) is 0 Å². The molecule has 3 heterocycles. The molecular weight excluding hydrogens is 272 g/mol. The van der Waals surface area contributed by atoms with Gasteiger partial charge in [-0.2, -0.15) is 11.8 Å². The van der Waals surface area contributed by atoms with Crippen molar-refractivity contribution in [1.29, 1.82) is 0 Å². The molecule has 2 saturated heterocycles. The van der Waals surface area contributed by atoms with Crippen molar-refractivity contribution in [3.05, 3.63) is 23.9 Å². The number of aromatic nitrogens is 1. The average molecular weight is 294 g/mol. The first-order chi connectivity index (χ1) is 9.80. The number of pyridine rings is 1. The average Bonchev–Trinajstić information content (AvgIpc) is 2.93. The van der Waals surface area contributed by atoms with Gasteiger partial charge < -0.3 is 14.8 Å². The maximum absolute atomic E-state index is 6.05. The highest BCUT2D eigenvalue weighted by molar-refractivity contribution is 7.99. The molecule has 3 rings (SSSR count). The fourth-order valence-electron chi connectivity index (χ4n) is 2.96. The Morgan fingerprint density at radius 3 is 3.20 bits per heavy atom. The fourth-order valence-corrected chi connectivity index (χ4v) is 4.34. The summed E-state index contributed by atoms with van der Waals surface area (Å²) in [5, 5.41) is 3.66. The van der Waals surface area contributed by atoms with Gasteiger partial charge in [0.2, 0.25) is 5.88 Å². The third-order valence-electron chi connectivity index (χ3n) is 4.16. The molecular formula is C15H22N2O2S. The molecule has 0 aromatic carbocycles. The van der Waals surface area contributed by atoms with E-state index in [1.54, 1.807) is 7.11 Å². The number of hydrogen-bond acceptors (Lipinski definition) is 5. The lowest BCUT2D eigenvalue weighted by Gasteiger charge is -2.38. The van der Waals surface area contributed by atoms with Crippen molar-refractivity contribution >= 4 is 11.8 Å². The van der Waals surface area contributed by atoms with Gasteiger partial charge in [0, 0.05) is 37.2 Å². The topological polar surface area (TPSA) is 43.4 Å². The van der Waals surface area contributed by atoms with E-state index >= 15 is 0 Å².